The van der Waals surface area contributed by atoms with Gasteiger partial charge in [-0.3, -0.25) is 4.79 Å². The minimum absolute atomic E-state index is 0.168. The van der Waals surface area contributed by atoms with E-state index >= 15 is 0 Å². The van der Waals surface area contributed by atoms with Gasteiger partial charge in [0.2, 0.25) is 12.5 Å². The molecule has 31 heavy (non-hydrogen) atoms. The quantitative estimate of drug-likeness (QED) is 0.689. The highest BCUT2D eigenvalue weighted by molar-refractivity contribution is 5.86. The number of ketones is 1. The molecule has 3 unspecified atom stereocenters. The van der Waals surface area contributed by atoms with Crippen molar-refractivity contribution in [3.05, 3.63) is 35.4 Å². The topological polar surface area (TPSA) is 72.5 Å². The maximum absolute atomic E-state index is 12.9. The number of carbonyl (C=O) groups excluding carboxylic acids is 1. The molecule has 7 nitrogen and oxygen atoms in total. The molecular weight excluding hydrogens is 400 g/mol. The van der Waals surface area contributed by atoms with E-state index in [2.05, 4.69) is 0 Å². The van der Waals surface area contributed by atoms with Crippen molar-refractivity contribution in [2.45, 2.75) is 38.7 Å². The Labute approximate surface area is 181 Å². The van der Waals surface area contributed by atoms with Crippen molar-refractivity contribution in [1.29, 1.82) is 0 Å². The fourth-order valence-corrected chi connectivity index (χ4v) is 4.88. The second-order valence-electron chi connectivity index (χ2n) is 7.82. The Morgan fingerprint density at radius 2 is 1.71 bits per heavy atom. The fraction of sp³-hybridized carbons (Fsp3) is 0.458. The van der Waals surface area contributed by atoms with E-state index in [1.165, 1.54) is 0 Å². The summed E-state index contributed by atoms with van der Waals surface area (Å²) in [5.41, 5.74) is 1.84. The van der Waals surface area contributed by atoms with Crippen molar-refractivity contribution in [2.75, 3.05) is 27.1 Å². The number of hydrogen-bond acceptors (Lipinski definition) is 7. The van der Waals surface area contributed by atoms with E-state index in [0.29, 0.717) is 54.8 Å². The third kappa shape index (κ3) is 3.23. The van der Waals surface area contributed by atoms with E-state index in [9.17, 15) is 4.79 Å². The molecule has 1 fully saturated rings. The fourth-order valence-electron chi connectivity index (χ4n) is 4.88. The molecule has 2 heterocycles. The number of carbonyl (C=O) groups is 1. The van der Waals surface area contributed by atoms with Gasteiger partial charge in [-0.15, -0.1) is 0 Å². The van der Waals surface area contributed by atoms with Crippen molar-refractivity contribution in [3.63, 3.8) is 0 Å². The van der Waals surface area contributed by atoms with Crippen molar-refractivity contribution in [1.82, 2.24) is 0 Å². The average Bonchev–Trinajstić information content (AvgIpc) is 3.38. The van der Waals surface area contributed by atoms with Gasteiger partial charge in [0.1, 0.15) is 17.6 Å². The maximum atomic E-state index is 12.9. The van der Waals surface area contributed by atoms with Crippen LogP contribution in [0.1, 0.15) is 43.7 Å². The molecule has 164 valence electrons. The smallest absolute Gasteiger partial charge is 0.231 e. The molecule has 3 aliphatic rings. The first-order valence-corrected chi connectivity index (χ1v) is 10.7. The van der Waals surface area contributed by atoms with Gasteiger partial charge in [0.15, 0.2) is 23.0 Å². The van der Waals surface area contributed by atoms with Crippen molar-refractivity contribution in [3.8, 4) is 34.5 Å². The first-order chi connectivity index (χ1) is 15.1. The predicted octanol–water partition coefficient (Wildman–Crippen LogP) is 4.09. The van der Waals surface area contributed by atoms with E-state index in [4.69, 9.17) is 28.4 Å². The van der Waals surface area contributed by atoms with Crippen LogP contribution in [0, 0.1) is 5.92 Å². The number of methoxy groups -OCH3 is 1. The third-order valence-corrected chi connectivity index (χ3v) is 6.14. The molecule has 2 aromatic rings. The highest BCUT2D eigenvalue weighted by Gasteiger charge is 2.48. The Kier molecular flexibility index (Phi) is 5.04. The first-order valence-electron chi connectivity index (χ1n) is 10.7. The zero-order valence-electron chi connectivity index (χ0n) is 17.9. The SMILES string of the molecule is CCOc1cc(C2c3cc4c(cc3OC3CCC(=O)C32)OCO4)cc(OC)c1OCC. The summed E-state index contributed by atoms with van der Waals surface area (Å²) >= 11 is 0. The van der Waals surface area contributed by atoms with Crippen LogP contribution in [0.3, 0.4) is 0 Å². The lowest BCUT2D eigenvalue weighted by atomic mass is 9.76. The van der Waals surface area contributed by atoms with Gasteiger partial charge < -0.3 is 28.4 Å². The van der Waals surface area contributed by atoms with Crippen LogP contribution in [0.25, 0.3) is 0 Å². The Bertz CT molecular complexity index is 1020. The van der Waals surface area contributed by atoms with Gasteiger partial charge >= 0.3 is 0 Å². The van der Waals surface area contributed by atoms with Crippen LogP contribution in [0.4, 0.5) is 0 Å². The molecule has 0 spiro atoms. The molecule has 0 radical (unpaired) electrons. The van der Waals surface area contributed by atoms with Crippen molar-refractivity contribution in [2.24, 2.45) is 5.92 Å². The van der Waals surface area contributed by atoms with Crippen molar-refractivity contribution < 1.29 is 33.2 Å². The van der Waals surface area contributed by atoms with Gasteiger partial charge in [-0.1, -0.05) is 0 Å². The Balaban J connectivity index is 1.69. The van der Waals surface area contributed by atoms with Crippen LogP contribution in [-0.4, -0.2) is 39.0 Å². The van der Waals surface area contributed by atoms with Crippen LogP contribution in [-0.2, 0) is 4.79 Å². The van der Waals surface area contributed by atoms with Gasteiger partial charge in [-0.2, -0.15) is 0 Å². The molecule has 0 bridgehead atoms. The van der Waals surface area contributed by atoms with E-state index < -0.39 is 0 Å². The average molecular weight is 426 g/mol. The minimum atomic E-state index is -0.273. The molecule has 2 aliphatic heterocycles. The van der Waals surface area contributed by atoms with E-state index in [-0.39, 0.29) is 30.5 Å². The standard InChI is InChI=1S/C24H26O7/c1-4-27-21-9-13(8-20(26-3)24(21)28-5-2)22-14-10-18-19(30-12-29-18)11-17(14)31-16-7-6-15(25)23(16)22/h8-11,16,22-23H,4-7,12H2,1-3H3. The summed E-state index contributed by atoms with van der Waals surface area (Å²) in [7, 11) is 1.61. The van der Waals surface area contributed by atoms with E-state index in [1.54, 1.807) is 7.11 Å². The molecule has 0 saturated heterocycles. The number of benzene rings is 2. The molecule has 0 aromatic heterocycles. The Morgan fingerprint density at radius 1 is 0.968 bits per heavy atom. The number of fused-ring (bicyclic) bond motifs is 3. The highest BCUT2D eigenvalue weighted by atomic mass is 16.7. The van der Waals surface area contributed by atoms with Crippen LogP contribution in [0.2, 0.25) is 0 Å². The van der Waals surface area contributed by atoms with Crippen LogP contribution >= 0.6 is 0 Å². The summed E-state index contributed by atoms with van der Waals surface area (Å²) in [5, 5.41) is 0. The van der Waals surface area contributed by atoms with Gasteiger partial charge in [0, 0.05) is 24.0 Å². The van der Waals surface area contributed by atoms with Crippen LogP contribution in [0.5, 0.6) is 34.5 Å². The number of ether oxygens (including phenoxy) is 6. The lowest BCUT2D eigenvalue weighted by Crippen LogP contribution is -2.35. The molecule has 1 aliphatic carbocycles. The van der Waals surface area contributed by atoms with E-state index in [1.807, 2.05) is 38.1 Å². The summed E-state index contributed by atoms with van der Waals surface area (Å²) < 4.78 is 34.8. The monoisotopic (exact) mass is 426 g/mol. The predicted molar refractivity (Wildman–Crippen MR) is 112 cm³/mol. The number of rotatable bonds is 6. The molecule has 3 atom stereocenters. The van der Waals surface area contributed by atoms with E-state index in [0.717, 1.165) is 16.9 Å². The summed E-state index contributed by atoms with van der Waals surface area (Å²) in [6.45, 7) is 5.00. The Hall–Kier alpha value is -3.09. The normalized spacial score (nSPS) is 23.1. The molecule has 1 saturated carbocycles. The lowest BCUT2D eigenvalue weighted by molar-refractivity contribution is -0.122. The summed E-state index contributed by atoms with van der Waals surface area (Å²) in [6.07, 6.45) is 1.05. The Morgan fingerprint density at radius 3 is 2.45 bits per heavy atom. The second-order valence-corrected chi connectivity index (χ2v) is 7.82. The summed E-state index contributed by atoms with van der Waals surface area (Å²) in [4.78, 5) is 12.9. The largest absolute Gasteiger partial charge is 0.493 e. The minimum Gasteiger partial charge on any atom is -0.493 e. The zero-order chi connectivity index (χ0) is 21.5. The number of Topliss-reactive ketones (excluding diaryl/α,β-unsaturated/α-hetero) is 1. The van der Waals surface area contributed by atoms with Gasteiger partial charge in [0.25, 0.3) is 0 Å². The zero-order valence-corrected chi connectivity index (χ0v) is 17.9. The molecule has 2 aromatic carbocycles. The van der Waals surface area contributed by atoms with Gasteiger partial charge in [0.05, 0.1) is 26.2 Å². The highest BCUT2D eigenvalue weighted by Crippen LogP contribution is 2.54. The van der Waals surface area contributed by atoms with Crippen LogP contribution in [0.15, 0.2) is 24.3 Å². The maximum Gasteiger partial charge on any atom is 0.231 e. The molecule has 5 rings (SSSR count). The number of hydrogen-bond donors (Lipinski definition) is 0. The molecular formula is C24H26O7. The lowest BCUT2D eigenvalue weighted by Gasteiger charge is -2.36. The van der Waals surface area contributed by atoms with Gasteiger partial charge in [-0.05, 0) is 44.0 Å². The summed E-state index contributed by atoms with van der Waals surface area (Å²) in [5.74, 6) is 3.56. The molecule has 0 N–H and O–H groups in total. The summed E-state index contributed by atoms with van der Waals surface area (Å²) in [6, 6.07) is 7.72. The first kappa shape index (κ1) is 19.8. The molecule has 7 heteroatoms. The molecule has 0 amide bonds. The third-order valence-electron chi connectivity index (χ3n) is 6.14. The van der Waals surface area contributed by atoms with Gasteiger partial charge in [-0.25, -0.2) is 0 Å². The van der Waals surface area contributed by atoms with Crippen molar-refractivity contribution >= 4 is 5.78 Å². The van der Waals surface area contributed by atoms with Crippen LogP contribution < -0.4 is 28.4 Å². The second kappa shape index (κ2) is 7.87.